The molecule has 1 aromatic heterocycles. The van der Waals surface area contributed by atoms with Crippen molar-refractivity contribution in [2.24, 2.45) is 0 Å². The number of rotatable bonds is 6. The lowest BCUT2D eigenvalue weighted by atomic mass is 10.3. The number of benzene rings is 1. The number of hydrogen-bond donors (Lipinski definition) is 2. The van der Waals surface area contributed by atoms with E-state index in [1.807, 2.05) is 25.1 Å². The molecule has 0 fully saturated rings. The van der Waals surface area contributed by atoms with E-state index in [0.29, 0.717) is 12.1 Å². The van der Waals surface area contributed by atoms with Gasteiger partial charge < -0.3 is 15.1 Å². The molecule has 0 aliphatic rings. The third kappa shape index (κ3) is 3.43. The Hall–Kier alpha value is -2.83. The first kappa shape index (κ1) is 15.6. The van der Waals surface area contributed by atoms with Crippen molar-refractivity contribution in [1.29, 1.82) is 0 Å². The molecule has 22 heavy (non-hydrogen) atoms. The summed E-state index contributed by atoms with van der Waals surface area (Å²) in [5.74, 6) is -1.99. The zero-order chi connectivity index (χ0) is 16.1. The van der Waals surface area contributed by atoms with Crippen LogP contribution in [0, 0.1) is 0 Å². The molecule has 2 aromatic rings. The second-order valence-electron chi connectivity index (χ2n) is 4.76. The first-order valence-corrected chi connectivity index (χ1v) is 6.88. The molecule has 0 spiro atoms. The van der Waals surface area contributed by atoms with Crippen molar-refractivity contribution in [3.63, 3.8) is 0 Å². The van der Waals surface area contributed by atoms with Crippen LogP contribution in [0.2, 0.25) is 0 Å². The number of aromatic nitrogens is 2. The smallest absolute Gasteiger partial charge is 0.323 e. The second-order valence-corrected chi connectivity index (χ2v) is 4.76. The fraction of sp³-hybridized carbons (Fsp3) is 0.267. The number of aromatic hydroxyl groups is 1. The van der Waals surface area contributed by atoms with Crippen molar-refractivity contribution in [1.82, 2.24) is 14.7 Å². The molecule has 7 nitrogen and oxygen atoms in total. The van der Waals surface area contributed by atoms with Crippen LogP contribution >= 0.6 is 0 Å². The van der Waals surface area contributed by atoms with Crippen LogP contribution < -0.4 is 0 Å². The van der Waals surface area contributed by atoms with Crippen LogP contribution in [0.3, 0.4) is 0 Å². The Morgan fingerprint density at radius 3 is 2.55 bits per heavy atom. The van der Waals surface area contributed by atoms with Crippen molar-refractivity contribution in [2.45, 2.75) is 13.3 Å². The molecular formula is C15H17N3O4. The van der Waals surface area contributed by atoms with Crippen LogP contribution in [0.5, 0.6) is 5.75 Å². The van der Waals surface area contributed by atoms with Crippen molar-refractivity contribution >= 4 is 11.9 Å². The molecule has 0 atom stereocenters. The Balaban J connectivity index is 2.29. The molecule has 0 radical (unpaired) electrons. The van der Waals surface area contributed by atoms with Gasteiger partial charge in [-0.3, -0.25) is 9.59 Å². The number of aliphatic carboxylic acids is 1. The first-order valence-electron chi connectivity index (χ1n) is 6.88. The van der Waals surface area contributed by atoms with Crippen LogP contribution in [0.15, 0.2) is 36.5 Å². The molecule has 0 aliphatic carbocycles. The summed E-state index contributed by atoms with van der Waals surface area (Å²) in [6, 6.07) is 9.02. The zero-order valence-corrected chi connectivity index (χ0v) is 12.1. The Kier molecular flexibility index (Phi) is 4.77. The van der Waals surface area contributed by atoms with E-state index < -0.39 is 18.4 Å². The highest BCUT2D eigenvalue weighted by Crippen LogP contribution is 2.19. The quantitative estimate of drug-likeness (QED) is 0.843. The predicted molar refractivity (Wildman–Crippen MR) is 79.1 cm³/mol. The number of carboxylic acids is 1. The lowest BCUT2D eigenvalue weighted by Crippen LogP contribution is -2.36. The van der Waals surface area contributed by atoms with E-state index in [-0.39, 0.29) is 18.0 Å². The number of carboxylic acid groups (broad SMARTS) is 1. The van der Waals surface area contributed by atoms with Crippen molar-refractivity contribution in [3.8, 4) is 11.4 Å². The van der Waals surface area contributed by atoms with Crippen molar-refractivity contribution in [2.75, 3.05) is 13.1 Å². The third-order valence-electron chi connectivity index (χ3n) is 3.03. The van der Waals surface area contributed by atoms with E-state index in [2.05, 4.69) is 5.10 Å². The van der Waals surface area contributed by atoms with E-state index >= 15 is 0 Å². The van der Waals surface area contributed by atoms with Crippen molar-refractivity contribution < 1.29 is 19.8 Å². The summed E-state index contributed by atoms with van der Waals surface area (Å²) in [6.07, 6.45) is 1.94. The fourth-order valence-corrected chi connectivity index (χ4v) is 2.07. The maximum absolute atomic E-state index is 12.4. The highest BCUT2D eigenvalue weighted by Gasteiger charge is 2.24. The first-order chi connectivity index (χ1) is 10.5. The average Bonchev–Trinajstić information content (AvgIpc) is 2.88. The minimum Gasteiger partial charge on any atom is -0.504 e. The molecule has 116 valence electrons. The average molecular weight is 303 g/mol. The maximum Gasteiger partial charge on any atom is 0.323 e. The monoisotopic (exact) mass is 303 g/mol. The molecule has 7 heteroatoms. The van der Waals surface area contributed by atoms with Crippen LogP contribution in [0.25, 0.3) is 5.69 Å². The second kappa shape index (κ2) is 6.75. The molecule has 0 saturated heterocycles. The van der Waals surface area contributed by atoms with Gasteiger partial charge in [0.1, 0.15) is 6.54 Å². The van der Waals surface area contributed by atoms with Crippen molar-refractivity contribution in [3.05, 3.63) is 42.2 Å². The van der Waals surface area contributed by atoms with E-state index in [1.165, 1.54) is 10.9 Å². The minimum absolute atomic E-state index is 0.154. The highest BCUT2D eigenvalue weighted by molar-refractivity contribution is 5.96. The van der Waals surface area contributed by atoms with E-state index in [4.69, 9.17) is 5.11 Å². The molecule has 0 bridgehead atoms. The lowest BCUT2D eigenvalue weighted by Gasteiger charge is -2.18. The summed E-state index contributed by atoms with van der Waals surface area (Å²) in [5, 5.41) is 22.9. The normalized spacial score (nSPS) is 10.4. The van der Waals surface area contributed by atoms with Crippen LogP contribution in [0.4, 0.5) is 0 Å². The van der Waals surface area contributed by atoms with Gasteiger partial charge in [0.15, 0.2) is 11.4 Å². The number of carbonyl (C=O) groups excluding carboxylic acids is 1. The molecule has 1 aromatic carbocycles. The number of carbonyl (C=O) groups is 2. The summed E-state index contributed by atoms with van der Waals surface area (Å²) in [6.45, 7) is 1.69. The van der Waals surface area contributed by atoms with Gasteiger partial charge in [-0.15, -0.1) is 0 Å². The van der Waals surface area contributed by atoms with E-state index in [0.717, 1.165) is 4.90 Å². The SMILES string of the molecule is CCCN(CC(=O)O)C(=O)c1nn(-c2ccccc2)cc1O. The van der Waals surface area contributed by atoms with Gasteiger partial charge in [-0.05, 0) is 18.6 Å². The van der Waals surface area contributed by atoms with E-state index in [1.54, 1.807) is 12.1 Å². The molecule has 1 amide bonds. The topological polar surface area (TPSA) is 95.7 Å². The van der Waals surface area contributed by atoms with Gasteiger partial charge in [0.25, 0.3) is 5.91 Å². The Morgan fingerprint density at radius 2 is 1.95 bits per heavy atom. The summed E-state index contributed by atoms with van der Waals surface area (Å²) < 4.78 is 1.38. The highest BCUT2D eigenvalue weighted by atomic mass is 16.4. The van der Waals surface area contributed by atoms with Gasteiger partial charge in [0, 0.05) is 6.54 Å². The lowest BCUT2D eigenvalue weighted by molar-refractivity contribution is -0.137. The summed E-state index contributed by atoms with van der Waals surface area (Å²) in [4.78, 5) is 24.4. The fourth-order valence-electron chi connectivity index (χ4n) is 2.07. The Labute approximate surface area is 127 Å². The number of para-hydroxylation sites is 1. The van der Waals surface area contributed by atoms with Gasteiger partial charge in [0.05, 0.1) is 11.9 Å². The van der Waals surface area contributed by atoms with Gasteiger partial charge in [-0.2, -0.15) is 5.10 Å². The number of amides is 1. The molecule has 0 unspecified atom stereocenters. The molecule has 0 aliphatic heterocycles. The van der Waals surface area contributed by atoms with Crippen LogP contribution in [-0.2, 0) is 4.79 Å². The van der Waals surface area contributed by atoms with Gasteiger partial charge >= 0.3 is 5.97 Å². The van der Waals surface area contributed by atoms with Gasteiger partial charge in [0.2, 0.25) is 0 Å². The molecular weight excluding hydrogens is 286 g/mol. The minimum atomic E-state index is -1.11. The summed E-state index contributed by atoms with van der Waals surface area (Å²) in [5.41, 5.74) is 0.538. The maximum atomic E-state index is 12.4. The summed E-state index contributed by atoms with van der Waals surface area (Å²) >= 11 is 0. The van der Waals surface area contributed by atoms with Crippen LogP contribution in [0.1, 0.15) is 23.8 Å². The van der Waals surface area contributed by atoms with Gasteiger partial charge in [-0.1, -0.05) is 25.1 Å². The molecule has 0 saturated carbocycles. The molecule has 2 rings (SSSR count). The summed E-state index contributed by atoms with van der Waals surface area (Å²) in [7, 11) is 0. The standard InChI is InChI=1S/C15H17N3O4/c1-2-8-17(10-13(20)21)15(22)14-12(19)9-18(16-14)11-6-4-3-5-7-11/h3-7,9,19H,2,8,10H2,1H3,(H,20,21). The third-order valence-corrected chi connectivity index (χ3v) is 3.03. The Morgan fingerprint density at radius 1 is 1.27 bits per heavy atom. The van der Waals surface area contributed by atoms with E-state index in [9.17, 15) is 14.7 Å². The molecule has 2 N–H and O–H groups in total. The predicted octanol–water partition coefficient (Wildman–Crippen LogP) is 1.51. The number of nitrogens with zero attached hydrogens (tertiary/aromatic N) is 3. The number of hydrogen-bond acceptors (Lipinski definition) is 4. The largest absolute Gasteiger partial charge is 0.504 e. The zero-order valence-electron chi connectivity index (χ0n) is 12.1. The van der Waals surface area contributed by atoms with Crippen LogP contribution in [-0.4, -0.2) is 49.9 Å². The van der Waals surface area contributed by atoms with Gasteiger partial charge in [-0.25, -0.2) is 4.68 Å². The molecule has 1 heterocycles. The Bertz CT molecular complexity index is 667.